The van der Waals surface area contributed by atoms with Crippen molar-refractivity contribution in [1.29, 1.82) is 0 Å². The van der Waals surface area contributed by atoms with Crippen molar-refractivity contribution < 1.29 is 9.53 Å². The van der Waals surface area contributed by atoms with Gasteiger partial charge in [-0.15, -0.1) is 11.8 Å². The molecule has 0 fully saturated rings. The zero-order valence-electron chi connectivity index (χ0n) is 21.1. The van der Waals surface area contributed by atoms with Crippen LogP contribution in [0.2, 0.25) is 0 Å². The Morgan fingerprint density at radius 1 is 1.08 bits per heavy atom. The van der Waals surface area contributed by atoms with Gasteiger partial charge < -0.3 is 21.1 Å². The van der Waals surface area contributed by atoms with Crippen LogP contribution in [0.3, 0.4) is 0 Å². The second-order valence-electron chi connectivity index (χ2n) is 8.85. The van der Waals surface area contributed by atoms with Gasteiger partial charge >= 0.3 is 6.03 Å². The van der Waals surface area contributed by atoms with Crippen molar-refractivity contribution in [3.8, 4) is 11.5 Å². The van der Waals surface area contributed by atoms with Crippen molar-refractivity contribution in [3.63, 3.8) is 0 Å². The fraction of sp³-hybridized carbons (Fsp3) is 0.222. The van der Waals surface area contributed by atoms with E-state index in [0.717, 1.165) is 4.90 Å². The average Bonchev–Trinajstić information content (AvgIpc) is 2.85. The molecule has 2 amide bonds. The van der Waals surface area contributed by atoms with E-state index in [-0.39, 0.29) is 5.41 Å². The number of pyridine rings is 1. The molecule has 0 saturated heterocycles. The molecule has 0 aliphatic rings. The minimum atomic E-state index is -0.431. The maximum atomic E-state index is 12.9. The molecule has 0 bridgehead atoms. The Kier molecular flexibility index (Phi) is 8.97. The summed E-state index contributed by atoms with van der Waals surface area (Å²) in [5.74, 6) is 2.35. The minimum absolute atomic E-state index is 0.278. The topological polar surface area (TPSA) is 114 Å². The molecule has 0 aliphatic carbocycles. The summed E-state index contributed by atoms with van der Waals surface area (Å²) in [4.78, 5) is 22.5. The molecule has 5 N–H and O–H groups in total. The predicted octanol–water partition coefficient (Wildman–Crippen LogP) is 6.38. The number of amides is 2. The van der Waals surface area contributed by atoms with Crippen LogP contribution in [0.5, 0.6) is 11.5 Å². The molecule has 8 nitrogen and oxygen atoms in total. The third-order valence-corrected chi connectivity index (χ3v) is 5.83. The Hall–Kier alpha value is -3.98. The first kappa shape index (κ1) is 26.6. The van der Waals surface area contributed by atoms with Crippen LogP contribution in [-0.4, -0.2) is 30.2 Å². The summed E-state index contributed by atoms with van der Waals surface area (Å²) in [5, 5.41) is 8.71. The number of ether oxygens (including phenoxy) is 1. The summed E-state index contributed by atoms with van der Waals surface area (Å²) in [7, 11) is 1.80. The van der Waals surface area contributed by atoms with Crippen molar-refractivity contribution in [2.24, 2.45) is 16.1 Å². The molecule has 1 aromatic heterocycles. The summed E-state index contributed by atoms with van der Waals surface area (Å²) < 4.78 is 5.97. The van der Waals surface area contributed by atoms with E-state index < -0.39 is 6.03 Å². The lowest BCUT2D eigenvalue weighted by Gasteiger charge is -2.19. The molecule has 1 heterocycles. The normalized spacial score (nSPS) is 12.1. The first-order valence-electron chi connectivity index (χ1n) is 11.4. The number of carbonyl (C=O) groups excluding carboxylic acids is 1. The molecule has 0 aliphatic heterocycles. The Morgan fingerprint density at radius 2 is 1.81 bits per heavy atom. The molecular weight excluding hydrogens is 472 g/mol. The number of thioether (sulfide) groups is 1. The Labute approximate surface area is 216 Å². The number of amidine groups is 1. The van der Waals surface area contributed by atoms with Crippen molar-refractivity contribution in [3.05, 3.63) is 78.6 Å². The van der Waals surface area contributed by atoms with Gasteiger partial charge in [-0.25, -0.2) is 14.8 Å². The highest BCUT2D eigenvalue weighted by atomic mass is 32.2. The third kappa shape index (κ3) is 7.78. The number of anilines is 2. The van der Waals surface area contributed by atoms with Gasteiger partial charge in [-0.1, -0.05) is 39.0 Å². The largest absolute Gasteiger partial charge is 0.457 e. The van der Waals surface area contributed by atoms with E-state index in [9.17, 15) is 4.79 Å². The van der Waals surface area contributed by atoms with E-state index in [1.165, 1.54) is 11.8 Å². The Bertz CT molecular complexity index is 1250. The highest BCUT2D eigenvalue weighted by Gasteiger charge is 2.16. The Balaban J connectivity index is 1.78. The van der Waals surface area contributed by atoms with Crippen LogP contribution in [0.25, 0.3) is 0 Å². The number of hydrogen-bond acceptors (Lipinski definition) is 7. The summed E-state index contributed by atoms with van der Waals surface area (Å²) in [6.45, 7) is 6.00. The van der Waals surface area contributed by atoms with Gasteiger partial charge in [0.1, 0.15) is 23.2 Å². The molecule has 3 aromatic rings. The number of aromatic nitrogens is 1. The standard InChI is InChI=1S/C27H32N6O2S/c1-27(2,3)23(28)17-25(31-18-9-7-6-8-10-18)33-26(34)32-21-12-11-19(15-22(21)36-5)35-20-13-14-30-24(16-20)29-4/h6-17H,28H2,1-5H3,(H,29,30)(H2,31,32,33,34)/b23-17-. The number of para-hydroxylation sites is 1. The van der Waals surface area contributed by atoms with Crippen LogP contribution in [0.1, 0.15) is 20.8 Å². The SMILES string of the molecule is CNc1cc(Oc2ccc(NC(=O)NC(/C=C(\N)C(C)(C)C)=Nc3ccccc3)c(SC)c2)ccn1. The maximum Gasteiger partial charge on any atom is 0.324 e. The number of hydrogen-bond donors (Lipinski definition) is 4. The van der Waals surface area contributed by atoms with E-state index in [1.807, 2.05) is 69.5 Å². The zero-order chi connectivity index (χ0) is 26.1. The van der Waals surface area contributed by atoms with Crippen LogP contribution in [0.15, 0.2) is 88.5 Å². The fourth-order valence-corrected chi connectivity index (χ4v) is 3.53. The fourth-order valence-electron chi connectivity index (χ4n) is 2.96. The van der Waals surface area contributed by atoms with Gasteiger partial charge in [0, 0.05) is 41.4 Å². The van der Waals surface area contributed by atoms with Gasteiger partial charge in [0.25, 0.3) is 0 Å². The predicted molar refractivity (Wildman–Crippen MR) is 149 cm³/mol. The molecule has 0 saturated carbocycles. The summed E-state index contributed by atoms with van der Waals surface area (Å²) in [6.07, 6.45) is 5.29. The summed E-state index contributed by atoms with van der Waals surface area (Å²) in [5.41, 5.74) is 7.93. The number of nitrogens with zero attached hydrogens (tertiary/aromatic N) is 2. The molecule has 3 rings (SSSR count). The maximum absolute atomic E-state index is 12.9. The number of urea groups is 1. The lowest BCUT2D eigenvalue weighted by Crippen LogP contribution is -2.34. The van der Waals surface area contributed by atoms with E-state index in [0.29, 0.717) is 40.2 Å². The van der Waals surface area contributed by atoms with E-state index in [4.69, 9.17) is 10.5 Å². The second-order valence-corrected chi connectivity index (χ2v) is 9.70. The van der Waals surface area contributed by atoms with E-state index in [1.54, 1.807) is 37.5 Å². The quantitative estimate of drug-likeness (QED) is 0.169. The molecule has 0 spiro atoms. The number of allylic oxidation sites excluding steroid dienone is 1. The Morgan fingerprint density at radius 3 is 2.47 bits per heavy atom. The molecule has 0 atom stereocenters. The molecule has 0 radical (unpaired) electrons. The lowest BCUT2D eigenvalue weighted by atomic mass is 9.92. The molecular formula is C27H32N6O2S. The van der Waals surface area contributed by atoms with Gasteiger partial charge in [0.2, 0.25) is 0 Å². The lowest BCUT2D eigenvalue weighted by molar-refractivity contribution is 0.256. The van der Waals surface area contributed by atoms with E-state index in [2.05, 4.69) is 25.9 Å². The number of rotatable bonds is 7. The van der Waals surface area contributed by atoms with Crippen LogP contribution in [0, 0.1) is 5.41 Å². The first-order valence-corrected chi connectivity index (χ1v) is 12.6. The first-order chi connectivity index (χ1) is 17.2. The van der Waals surface area contributed by atoms with Gasteiger partial charge in [-0.05, 0) is 42.7 Å². The molecule has 36 heavy (non-hydrogen) atoms. The van der Waals surface area contributed by atoms with Crippen molar-refractivity contribution in [2.75, 3.05) is 23.9 Å². The minimum Gasteiger partial charge on any atom is -0.457 e. The number of nitrogens with one attached hydrogen (secondary N) is 3. The molecule has 9 heteroatoms. The van der Waals surface area contributed by atoms with Gasteiger partial charge in [0.05, 0.1) is 11.4 Å². The molecule has 2 aromatic carbocycles. The number of nitrogens with two attached hydrogens (primary N) is 1. The monoisotopic (exact) mass is 504 g/mol. The summed E-state index contributed by atoms with van der Waals surface area (Å²) in [6, 6.07) is 18.0. The highest BCUT2D eigenvalue weighted by Crippen LogP contribution is 2.32. The smallest absolute Gasteiger partial charge is 0.324 e. The number of carbonyl (C=O) groups is 1. The third-order valence-electron chi connectivity index (χ3n) is 5.05. The number of benzene rings is 2. The van der Waals surface area contributed by atoms with Crippen LogP contribution >= 0.6 is 11.8 Å². The van der Waals surface area contributed by atoms with Gasteiger partial charge in [-0.3, -0.25) is 5.32 Å². The highest BCUT2D eigenvalue weighted by molar-refractivity contribution is 7.98. The van der Waals surface area contributed by atoms with Gasteiger partial charge in [-0.2, -0.15) is 0 Å². The van der Waals surface area contributed by atoms with Crippen molar-refractivity contribution in [1.82, 2.24) is 10.3 Å². The van der Waals surface area contributed by atoms with Crippen molar-refractivity contribution >= 4 is 40.8 Å². The van der Waals surface area contributed by atoms with Crippen LogP contribution in [-0.2, 0) is 0 Å². The summed E-state index contributed by atoms with van der Waals surface area (Å²) >= 11 is 1.50. The molecule has 0 unspecified atom stereocenters. The number of aliphatic imine (C=N–C) groups is 1. The van der Waals surface area contributed by atoms with E-state index >= 15 is 0 Å². The second kappa shape index (κ2) is 12.1. The zero-order valence-corrected chi connectivity index (χ0v) is 21.9. The van der Waals surface area contributed by atoms with Gasteiger partial charge in [0.15, 0.2) is 0 Å². The van der Waals surface area contributed by atoms with Crippen LogP contribution < -0.4 is 26.4 Å². The van der Waals surface area contributed by atoms with Crippen LogP contribution in [0.4, 0.5) is 22.0 Å². The van der Waals surface area contributed by atoms with Crippen molar-refractivity contribution in [2.45, 2.75) is 25.7 Å². The molecule has 188 valence electrons. The average molecular weight is 505 g/mol.